The second-order valence-corrected chi connectivity index (χ2v) is 12.7. The smallest absolute Gasteiger partial charge is 0.243 e. The van der Waals surface area contributed by atoms with E-state index in [-0.39, 0.29) is 36.9 Å². The molecule has 0 aromatic heterocycles. The summed E-state index contributed by atoms with van der Waals surface area (Å²) in [4.78, 5) is 14.6. The van der Waals surface area contributed by atoms with Gasteiger partial charge in [-0.15, -0.1) is 0 Å². The van der Waals surface area contributed by atoms with Gasteiger partial charge in [0.05, 0.1) is 16.8 Å². The highest BCUT2D eigenvalue weighted by atomic mass is 32.2. The Labute approximate surface area is 203 Å². The average Bonchev–Trinajstić information content (AvgIpc) is 2.75. The molecule has 1 aliphatic heterocycles. The minimum absolute atomic E-state index is 0.0961. The molecule has 2 aromatic carbocycles. The van der Waals surface area contributed by atoms with Gasteiger partial charge in [-0.2, -0.15) is 4.31 Å². The first kappa shape index (κ1) is 26.2. The van der Waals surface area contributed by atoms with Gasteiger partial charge in [0.25, 0.3) is 0 Å². The van der Waals surface area contributed by atoms with Crippen LogP contribution in [0.4, 0.5) is 5.69 Å². The van der Waals surface area contributed by atoms with Crippen LogP contribution >= 0.6 is 0 Å². The Morgan fingerprint density at radius 2 is 1.41 bits per heavy atom. The highest BCUT2D eigenvalue weighted by Gasteiger charge is 2.30. The molecule has 186 valence electrons. The lowest BCUT2D eigenvalue weighted by Gasteiger charge is -2.34. The minimum Gasteiger partial charge on any atom is -0.340 e. The fourth-order valence-corrected chi connectivity index (χ4v) is 6.52. The van der Waals surface area contributed by atoms with Gasteiger partial charge in [0.1, 0.15) is 0 Å². The Kier molecular flexibility index (Phi) is 8.05. The third-order valence-electron chi connectivity index (χ3n) is 5.90. The summed E-state index contributed by atoms with van der Waals surface area (Å²) in [6.07, 6.45) is 1.74. The van der Waals surface area contributed by atoms with Gasteiger partial charge in [-0.1, -0.05) is 23.8 Å². The number of aryl methyl sites for hydroxylation is 3. The molecule has 0 aliphatic carbocycles. The van der Waals surface area contributed by atoms with Crippen molar-refractivity contribution in [1.82, 2.24) is 9.21 Å². The molecule has 8 nitrogen and oxygen atoms in total. The first-order valence-corrected chi connectivity index (χ1v) is 14.6. The lowest BCUT2D eigenvalue weighted by Crippen LogP contribution is -2.50. The molecule has 2 aromatic rings. The molecule has 0 unspecified atom stereocenters. The maximum atomic E-state index is 12.9. The summed E-state index contributed by atoms with van der Waals surface area (Å²) in [6.45, 7) is 7.04. The summed E-state index contributed by atoms with van der Waals surface area (Å²) in [6, 6.07) is 12.4. The van der Waals surface area contributed by atoms with Crippen LogP contribution in [0.2, 0.25) is 0 Å². The zero-order chi connectivity index (χ0) is 25.1. The predicted octanol–water partition coefficient (Wildman–Crippen LogP) is 2.69. The Bertz CT molecular complexity index is 1210. The van der Waals surface area contributed by atoms with Crippen molar-refractivity contribution < 1.29 is 21.6 Å². The van der Waals surface area contributed by atoms with Crippen molar-refractivity contribution in [1.29, 1.82) is 0 Å². The fourth-order valence-electron chi connectivity index (χ4n) is 4.15. The molecule has 1 saturated heterocycles. The van der Waals surface area contributed by atoms with Crippen molar-refractivity contribution in [2.45, 2.75) is 38.5 Å². The second-order valence-electron chi connectivity index (χ2n) is 8.88. The number of amides is 1. The van der Waals surface area contributed by atoms with Gasteiger partial charge in [-0.25, -0.2) is 16.8 Å². The molecule has 0 spiro atoms. The summed E-state index contributed by atoms with van der Waals surface area (Å²) in [7, 11) is -7.08. The minimum atomic E-state index is -3.59. The van der Waals surface area contributed by atoms with Gasteiger partial charge >= 0.3 is 0 Å². The highest BCUT2D eigenvalue weighted by Crippen LogP contribution is 2.22. The molecule has 1 aliphatic rings. The number of benzene rings is 2. The van der Waals surface area contributed by atoms with Gasteiger partial charge in [0, 0.05) is 39.1 Å². The predicted molar refractivity (Wildman–Crippen MR) is 134 cm³/mol. The molecule has 34 heavy (non-hydrogen) atoms. The first-order chi connectivity index (χ1) is 15.9. The lowest BCUT2D eigenvalue weighted by atomic mass is 10.1. The Morgan fingerprint density at radius 3 is 1.94 bits per heavy atom. The molecule has 0 atom stereocenters. The van der Waals surface area contributed by atoms with E-state index in [0.717, 1.165) is 16.7 Å². The van der Waals surface area contributed by atoms with Gasteiger partial charge in [-0.05, 0) is 62.6 Å². The Morgan fingerprint density at radius 1 is 0.853 bits per heavy atom. The van der Waals surface area contributed by atoms with Gasteiger partial charge in [0.15, 0.2) is 0 Å². The number of rotatable bonds is 8. The van der Waals surface area contributed by atoms with E-state index in [4.69, 9.17) is 0 Å². The van der Waals surface area contributed by atoms with Crippen LogP contribution in [0.3, 0.4) is 0 Å². The van der Waals surface area contributed by atoms with Crippen molar-refractivity contribution in [2.24, 2.45) is 0 Å². The molecule has 1 heterocycles. The molecule has 0 N–H and O–H groups in total. The van der Waals surface area contributed by atoms with E-state index in [2.05, 4.69) is 0 Å². The van der Waals surface area contributed by atoms with Gasteiger partial charge < -0.3 is 4.90 Å². The van der Waals surface area contributed by atoms with E-state index in [1.807, 2.05) is 39.0 Å². The van der Waals surface area contributed by atoms with Crippen LogP contribution in [0, 0.1) is 20.8 Å². The highest BCUT2D eigenvalue weighted by molar-refractivity contribution is 7.92. The summed E-state index contributed by atoms with van der Waals surface area (Å²) in [5, 5.41) is 0. The number of carbonyl (C=O) groups excluding carboxylic acids is 1. The van der Waals surface area contributed by atoms with Crippen LogP contribution in [0.1, 0.15) is 29.5 Å². The zero-order valence-electron chi connectivity index (χ0n) is 20.2. The summed E-state index contributed by atoms with van der Waals surface area (Å²) in [5.41, 5.74) is 3.53. The maximum Gasteiger partial charge on any atom is 0.243 e. The van der Waals surface area contributed by atoms with E-state index < -0.39 is 20.0 Å². The molecule has 0 radical (unpaired) electrons. The molecule has 1 fully saturated rings. The number of nitrogens with zero attached hydrogens (tertiary/aromatic N) is 3. The second kappa shape index (κ2) is 10.5. The summed E-state index contributed by atoms with van der Waals surface area (Å²) >= 11 is 0. The van der Waals surface area contributed by atoms with Crippen LogP contribution in [-0.4, -0.2) is 70.9 Å². The number of anilines is 1. The van der Waals surface area contributed by atoms with Crippen LogP contribution in [-0.2, 0) is 24.8 Å². The molecule has 10 heteroatoms. The van der Waals surface area contributed by atoms with E-state index in [1.54, 1.807) is 29.2 Å². The number of sulfonamides is 2. The zero-order valence-corrected chi connectivity index (χ0v) is 21.8. The van der Waals surface area contributed by atoms with Crippen molar-refractivity contribution in [3.05, 3.63) is 59.2 Å². The summed E-state index contributed by atoms with van der Waals surface area (Å²) in [5.74, 6) is -0.0961. The van der Waals surface area contributed by atoms with Crippen molar-refractivity contribution >= 4 is 31.6 Å². The van der Waals surface area contributed by atoms with Crippen LogP contribution < -0.4 is 4.31 Å². The normalized spacial score (nSPS) is 15.4. The Balaban J connectivity index is 1.56. The number of piperazine rings is 1. The SMILES string of the molecule is Cc1ccc(S(=O)(=O)N2CCN(C(=O)CCCN(c3cc(C)cc(C)c3)S(C)(=O)=O)CC2)cc1. The average molecular weight is 508 g/mol. The number of hydrogen-bond donors (Lipinski definition) is 0. The van der Waals surface area contributed by atoms with Crippen LogP contribution in [0.25, 0.3) is 0 Å². The molecule has 0 saturated carbocycles. The van der Waals surface area contributed by atoms with Crippen molar-refractivity contribution in [3.63, 3.8) is 0 Å². The van der Waals surface area contributed by atoms with Crippen LogP contribution in [0.5, 0.6) is 0 Å². The quantitative estimate of drug-likeness (QED) is 0.548. The fraction of sp³-hybridized carbons (Fsp3) is 0.458. The summed E-state index contributed by atoms with van der Waals surface area (Å²) < 4.78 is 53.2. The van der Waals surface area contributed by atoms with E-state index in [9.17, 15) is 21.6 Å². The van der Waals surface area contributed by atoms with Crippen molar-refractivity contribution in [3.8, 4) is 0 Å². The molecule has 0 bridgehead atoms. The van der Waals surface area contributed by atoms with E-state index in [0.29, 0.717) is 25.2 Å². The molecular weight excluding hydrogens is 474 g/mol. The lowest BCUT2D eigenvalue weighted by molar-refractivity contribution is -0.132. The Hall–Kier alpha value is -2.43. The monoisotopic (exact) mass is 507 g/mol. The molecule has 1 amide bonds. The number of carbonyl (C=O) groups is 1. The molecule has 3 rings (SSSR count). The van der Waals surface area contributed by atoms with Crippen molar-refractivity contribution in [2.75, 3.05) is 43.3 Å². The largest absolute Gasteiger partial charge is 0.340 e. The van der Waals surface area contributed by atoms with E-state index in [1.165, 1.54) is 14.9 Å². The third kappa shape index (κ3) is 6.37. The van der Waals surface area contributed by atoms with Crippen LogP contribution in [0.15, 0.2) is 47.4 Å². The molecular formula is C24H33N3O5S2. The first-order valence-electron chi connectivity index (χ1n) is 11.3. The maximum absolute atomic E-state index is 12.9. The standard InChI is InChI=1S/C24H33N3O5S2/c1-19-7-9-23(10-8-19)34(31,32)26-14-12-25(13-15-26)24(28)6-5-11-27(33(4,29)30)22-17-20(2)16-21(3)18-22/h7-10,16-18H,5-6,11-15H2,1-4H3. The third-order valence-corrected chi connectivity index (χ3v) is 9.00. The van der Waals surface area contributed by atoms with Gasteiger partial charge in [-0.3, -0.25) is 9.10 Å². The van der Waals surface area contributed by atoms with Gasteiger partial charge in [0.2, 0.25) is 26.0 Å². The number of hydrogen-bond acceptors (Lipinski definition) is 5. The van der Waals surface area contributed by atoms with E-state index >= 15 is 0 Å². The topological polar surface area (TPSA) is 95.1 Å².